The smallest absolute Gasteiger partial charge is 0.258 e. The Hall–Kier alpha value is -3.61. The lowest BCUT2D eigenvalue weighted by molar-refractivity contribution is 0.102. The summed E-state index contributed by atoms with van der Waals surface area (Å²) in [6.07, 6.45) is 2.09. The van der Waals surface area contributed by atoms with Crippen molar-refractivity contribution in [2.24, 2.45) is 0 Å². The molecule has 8 heteroatoms. The molecule has 2 N–H and O–H groups in total. The maximum Gasteiger partial charge on any atom is 0.258 e. The molecule has 1 atom stereocenters. The number of nitrogens with zero attached hydrogens (tertiary/aromatic N) is 3. The van der Waals surface area contributed by atoms with Crippen molar-refractivity contribution in [1.29, 1.82) is 0 Å². The Morgan fingerprint density at radius 1 is 1.03 bits per heavy atom. The van der Waals surface area contributed by atoms with Crippen molar-refractivity contribution in [3.63, 3.8) is 0 Å². The van der Waals surface area contributed by atoms with Gasteiger partial charge in [-0.3, -0.25) is 10.1 Å². The Morgan fingerprint density at radius 2 is 1.79 bits per heavy atom. The fraction of sp³-hybridized carbons (Fsp3) is 0.0800. The number of hydrogen-bond donors (Lipinski definition) is 2. The summed E-state index contributed by atoms with van der Waals surface area (Å²) in [6, 6.07) is 24.8. The van der Waals surface area contributed by atoms with Crippen molar-refractivity contribution in [2.75, 3.05) is 10.6 Å². The predicted octanol–water partition coefficient (Wildman–Crippen LogP) is 5.97. The molecule has 0 bridgehead atoms. The van der Waals surface area contributed by atoms with Gasteiger partial charge >= 0.3 is 0 Å². The monoisotopic (exact) mass is 477 g/mol. The lowest BCUT2D eigenvalue weighted by atomic mass is 10.0. The average Bonchev–Trinajstić information content (AvgIpc) is 3.22. The number of aromatic nitrogens is 3. The summed E-state index contributed by atoms with van der Waals surface area (Å²) < 4.78 is 1.77. The van der Waals surface area contributed by atoms with Crippen LogP contribution < -0.4 is 10.6 Å². The van der Waals surface area contributed by atoms with Crippen LogP contribution in [0.2, 0.25) is 5.02 Å². The molecule has 0 fully saturated rings. The minimum atomic E-state index is -0.254. The van der Waals surface area contributed by atoms with Crippen LogP contribution in [0.3, 0.4) is 0 Å². The third kappa shape index (κ3) is 4.77. The fourth-order valence-electron chi connectivity index (χ4n) is 3.69. The Bertz CT molecular complexity index is 1320. The molecular weight excluding hydrogens is 457 g/mol. The van der Waals surface area contributed by atoms with E-state index in [9.17, 15) is 4.79 Å². The van der Waals surface area contributed by atoms with Crippen molar-refractivity contribution in [1.82, 2.24) is 14.8 Å². The second kappa shape index (κ2) is 9.48. The van der Waals surface area contributed by atoms with E-state index in [0.29, 0.717) is 16.5 Å². The number of rotatable bonds is 4. The topological polar surface area (TPSA) is 71.8 Å². The van der Waals surface area contributed by atoms with Crippen molar-refractivity contribution in [2.45, 2.75) is 13.0 Å². The van der Waals surface area contributed by atoms with Crippen LogP contribution in [0, 0.1) is 6.92 Å². The summed E-state index contributed by atoms with van der Waals surface area (Å²) >= 11 is 6.10. The Morgan fingerprint density at radius 3 is 2.52 bits per heavy atom. The number of allylic oxidation sites excluding steroid dienone is 1. The first kappa shape index (κ1) is 22.6. The van der Waals surface area contributed by atoms with Crippen LogP contribution in [-0.4, -0.2) is 20.7 Å². The number of benzene rings is 3. The van der Waals surface area contributed by atoms with Crippen molar-refractivity contribution in [3.05, 3.63) is 112 Å². The van der Waals surface area contributed by atoms with Crippen LogP contribution in [0.25, 0.3) is 5.70 Å². The van der Waals surface area contributed by atoms with E-state index in [4.69, 9.17) is 11.6 Å². The van der Waals surface area contributed by atoms with Gasteiger partial charge in [0, 0.05) is 16.3 Å². The third-order valence-corrected chi connectivity index (χ3v) is 5.52. The van der Waals surface area contributed by atoms with Gasteiger partial charge in [-0.25, -0.2) is 4.68 Å². The van der Waals surface area contributed by atoms with Gasteiger partial charge in [-0.05, 0) is 48.4 Å². The molecular formula is C25H21Cl2N5O. The molecule has 1 unspecified atom stereocenters. The Balaban J connectivity index is 0.00000259. The molecule has 5 rings (SSSR count). The molecule has 2 heterocycles. The largest absolute Gasteiger partial charge is 0.324 e. The second-order valence-electron chi connectivity index (χ2n) is 7.59. The number of carbonyl (C=O) groups is 1. The van der Waals surface area contributed by atoms with Crippen LogP contribution in [0.5, 0.6) is 0 Å². The van der Waals surface area contributed by atoms with Gasteiger partial charge in [0.25, 0.3) is 11.9 Å². The summed E-state index contributed by atoms with van der Waals surface area (Å²) in [5.41, 5.74) is 4.53. The Labute approximate surface area is 202 Å². The third-order valence-electron chi connectivity index (χ3n) is 5.27. The van der Waals surface area contributed by atoms with Gasteiger partial charge in [0.15, 0.2) is 0 Å². The Kier molecular flexibility index (Phi) is 6.49. The molecule has 33 heavy (non-hydrogen) atoms. The highest BCUT2D eigenvalue weighted by atomic mass is 35.5. The van der Waals surface area contributed by atoms with Crippen LogP contribution >= 0.6 is 24.0 Å². The quantitative estimate of drug-likeness (QED) is 0.379. The highest BCUT2D eigenvalue weighted by Gasteiger charge is 2.26. The van der Waals surface area contributed by atoms with Gasteiger partial charge in [0.05, 0.1) is 0 Å². The zero-order valence-corrected chi connectivity index (χ0v) is 19.3. The highest BCUT2D eigenvalue weighted by molar-refractivity contribution is 6.30. The van der Waals surface area contributed by atoms with Gasteiger partial charge in [0.2, 0.25) is 5.95 Å². The van der Waals surface area contributed by atoms with Crippen molar-refractivity contribution >= 4 is 47.5 Å². The summed E-state index contributed by atoms with van der Waals surface area (Å²) in [6.45, 7) is 1.95. The zero-order chi connectivity index (χ0) is 22.1. The van der Waals surface area contributed by atoms with E-state index in [1.165, 1.54) is 0 Å². The van der Waals surface area contributed by atoms with Crippen LogP contribution in [0.15, 0.2) is 84.9 Å². The number of halogens is 2. The molecule has 0 saturated heterocycles. The average molecular weight is 478 g/mol. The van der Waals surface area contributed by atoms with Gasteiger partial charge in [0.1, 0.15) is 6.04 Å². The number of amides is 1. The molecule has 6 nitrogen and oxygen atoms in total. The molecule has 1 aliphatic rings. The van der Waals surface area contributed by atoms with E-state index in [2.05, 4.69) is 26.8 Å². The summed E-state index contributed by atoms with van der Waals surface area (Å²) in [7, 11) is 0. The molecule has 1 aromatic heterocycles. The second-order valence-corrected chi connectivity index (χ2v) is 8.03. The zero-order valence-electron chi connectivity index (χ0n) is 17.7. The molecule has 0 radical (unpaired) electrons. The van der Waals surface area contributed by atoms with Gasteiger partial charge < -0.3 is 5.32 Å². The summed E-state index contributed by atoms with van der Waals surface area (Å²) in [5.74, 6) is 0.530. The predicted molar refractivity (Wildman–Crippen MR) is 134 cm³/mol. The maximum absolute atomic E-state index is 12.7. The van der Waals surface area contributed by atoms with Crippen molar-refractivity contribution < 1.29 is 4.79 Å². The minimum Gasteiger partial charge on any atom is -0.324 e. The molecule has 4 aromatic rings. The molecule has 166 valence electrons. The van der Waals surface area contributed by atoms with Gasteiger partial charge in [-0.1, -0.05) is 71.8 Å². The number of fused-ring (bicyclic) bond motifs is 1. The minimum absolute atomic E-state index is 0. The van der Waals surface area contributed by atoms with Crippen LogP contribution in [-0.2, 0) is 0 Å². The van der Waals surface area contributed by atoms with E-state index < -0.39 is 0 Å². The van der Waals surface area contributed by atoms with Crippen molar-refractivity contribution in [3.8, 4) is 0 Å². The lowest BCUT2D eigenvalue weighted by Crippen LogP contribution is -2.20. The molecule has 0 saturated carbocycles. The normalized spacial score (nSPS) is 14.4. The number of nitrogens with one attached hydrogen (secondary N) is 2. The summed E-state index contributed by atoms with van der Waals surface area (Å²) in [5, 5.41) is 11.4. The lowest BCUT2D eigenvalue weighted by Gasteiger charge is -2.24. The first-order valence-electron chi connectivity index (χ1n) is 10.2. The maximum atomic E-state index is 12.7. The highest BCUT2D eigenvalue weighted by Crippen LogP contribution is 2.33. The van der Waals surface area contributed by atoms with E-state index >= 15 is 0 Å². The summed E-state index contributed by atoms with van der Waals surface area (Å²) in [4.78, 5) is 17.3. The van der Waals surface area contributed by atoms with E-state index in [0.717, 1.165) is 22.4 Å². The number of carbonyl (C=O) groups excluding carboxylic acids is 1. The van der Waals surface area contributed by atoms with Crippen LogP contribution in [0.4, 0.5) is 11.9 Å². The molecule has 1 amide bonds. The van der Waals surface area contributed by atoms with Gasteiger partial charge in [-0.15, -0.1) is 17.5 Å². The molecule has 1 aliphatic heterocycles. The first-order valence-corrected chi connectivity index (χ1v) is 10.6. The van der Waals surface area contributed by atoms with Gasteiger partial charge in [-0.2, -0.15) is 4.98 Å². The standard InChI is InChI=1S/C25H20ClN5O.ClH/c1-16-6-5-9-19(14-16)23(32)28-24-29-25-27-21(17-7-3-2-4-8-17)15-22(31(25)30-24)18-10-12-20(26)13-11-18;/h2-15,22H,1H3,(H2,27,28,29,30,32);1H. The SMILES string of the molecule is Cc1cccc(C(=O)Nc2nc3n(n2)C(c2ccc(Cl)cc2)C=C(c2ccccc2)N3)c1.Cl. The number of aryl methyl sites for hydroxylation is 1. The number of hydrogen-bond acceptors (Lipinski definition) is 4. The van der Waals surface area contributed by atoms with E-state index in [1.807, 2.05) is 79.7 Å². The van der Waals surface area contributed by atoms with E-state index in [-0.39, 0.29) is 30.3 Å². The molecule has 0 aliphatic carbocycles. The molecule has 0 spiro atoms. The van der Waals surface area contributed by atoms with Crippen LogP contribution in [0.1, 0.15) is 33.1 Å². The fourth-order valence-corrected chi connectivity index (χ4v) is 3.82. The first-order chi connectivity index (χ1) is 15.6. The number of anilines is 2. The van der Waals surface area contributed by atoms with E-state index in [1.54, 1.807) is 10.7 Å². The molecule has 3 aromatic carbocycles.